The summed E-state index contributed by atoms with van der Waals surface area (Å²) in [7, 11) is 0. The van der Waals surface area contributed by atoms with Crippen LogP contribution in [0.5, 0.6) is 0 Å². The molecule has 6 unspecified atom stereocenters. The highest BCUT2D eigenvalue weighted by atomic mass is 16.6. The van der Waals surface area contributed by atoms with Gasteiger partial charge in [-0.15, -0.1) is 0 Å². The molecule has 2 heterocycles. The Bertz CT molecular complexity index is 660. The Labute approximate surface area is 146 Å². The van der Waals surface area contributed by atoms with Gasteiger partial charge in [-0.2, -0.15) is 0 Å². The SMILES string of the molecule is CCC1(C)CCC(=O)N(CC(=O)OC2C3CC4C(=O)OC2C4C3)C1=O. The van der Waals surface area contributed by atoms with E-state index in [9.17, 15) is 19.2 Å². The van der Waals surface area contributed by atoms with Crippen LogP contribution in [0, 0.1) is 23.2 Å². The summed E-state index contributed by atoms with van der Waals surface area (Å²) in [5, 5.41) is 0. The van der Waals surface area contributed by atoms with Gasteiger partial charge in [0.15, 0.2) is 0 Å². The first-order valence-electron chi connectivity index (χ1n) is 9.09. The largest absolute Gasteiger partial charge is 0.458 e. The predicted octanol–water partition coefficient (Wildman–Crippen LogP) is 1.04. The Morgan fingerprint density at radius 1 is 1.32 bits per heavy atom. The van der Waals surface area contributed by atoms with Crippen LogP contribution in [0.1, 0.15) is 46.0 Å². The van der Waals surface area contributed by atoms with Gasteiger partial charge in [0, 0.05) is 23.7 Å². The molecule has 4 rings (SSSR count). The summed E-state index contributed by atoms with van der Waals surface area (Å²) in [5.74, 6) is -1.16. The standard InChI is InChI=1S/C18H23NO6/c1-3-18(2)5-4-12(20)19(17(18)23)8-13(21)24-14-9-6-10-11(7-9)16(22)25-15(10)14/h9-11,14-15H,3-8H2,1-2H3. The van der Waals surface area contributed by atoms with Gasteiger partial charge in [-0.3, -0.25) is 24.1 Å². The maximum absolute atomic E-state index is 12.6. The molecule has 0 spiro atoms. The second kappa shape index (κ2) is 5.54. The molecule has 6 atom stereocenters. The predicted molar refractivity (Wildman–Crippen MR) is 83.8 cm³/mol. The van der Waals surface area contributed by atoms with Crippen molar-refractivity contribution in [2.24, 2.45) is 23.2 Å². The maximum Gasteiger partial charge on any atom is 0.326 e. The molecule has 0 aromatic carbocycles. The Kier molecular flexibility index (Phi) is 3.67. The summed E-state index contributed by atoms with van der Waals surface area (Å²) in [6.07, 6.45) is 2.15. The zero-order valence-corrected chi connectivity index (χ0v) is 14.5. The molecule has 0 radical (unpaired) electrons. The highest BCUT2D eigenvalue weighted by molar-refractivity contribution is 6.02. The van der Waals surface area contributed by atoms with Crippen molar-refractivity contribution in [2.45, 2.75) is 58.2 Å². The van der Waals surface area contributed by atoms with Crippen LogP contribution in [-0.2, 0) is 28.7 Å². The van der Waals surface area contributed by atoms with E-state index < -0.39 is 17.5 Å². The van der Waals surface area contributed by atoms with Crippen LogP contribution in [0.2, 0.25) is 0 Å². The van der Waals surface area contributed by atoms with Crippen molar-refractivity contribution < 1.29 is 28.7 Å². The zero-order chi connectivity index (χ0) is 17.9. The van der Waals surface area contributed by atoms with Gasteiger partial charge in [0.1, 0.15) is 18.8 Å². The van der Waals surface area contributed by atoms with Crippen molar-refractivity contribution >= 4 is 23.8 Å². The van der Waals surface area contributed by atoms with Crippen molar-refractivity contribution in [1.29, 1.82) is 0 Å². The number of nitrogens with zero attached hydrogens (tertiary/aromatic N) is 1. The molecule has 2 saturated heterocycles. The van der Waals surface area contributed by atoms with E-state index in [0.29, 0.717) is 19.3 Å². The fraction of sp³-hybridized carbons (Fsp3) is 0.778. The highest BCUT2D eigenvalue weighted by Crippen LogP contribution is 2.55. The molecule has 136 valence electrons. The molecular formula is C18H23NO6. The third kappa shape index (κ3) is 2.39. The molecule has 7 heteroatoms. The summed E-state index contributed by atoms with van der Waals surface area (Å²) >= 11 is 0. The average molecular weight is 349 g/mol. The molecule has 2 aliphatic carbocycles. The summed E-state index contributed by atoms with van der Waals surface area (Å²) < 4.78 is 10.9. The van der Waals surface area contributed by atoms with E-state index in [4.69, 9.17) is 9.47 Å². The van der Waals surface area contributed by atoms with Crippen molar-refractivity contribution in [3.63, 3.8) is 0 Å². The average Bonchev–Trinajstić information content (AvgIpc) is 3.20. The lowest BCUT2D eigenvalue weighted by Gasteiger charge is -2.37. The van der Waals surface area contributed by atoms with Crippen LogP contribution >= 0.6 is 0 Å². The van der Waals surface area contributed by atoms with Gasteiger partial charge in [0.2, 0.25) is 11.8 Å². The molecule has 2 bridgehead atoms. The smallest absolute Gasteiger partial charge is 0.326 e. The van der Waals surface area contributed by atoms with Gasteiger partial charge in [-0.05, 0) is 25.7 Å². The van der Waals surface area contributed by atoms with E-state index in [1.165, 1.54) is 0 Å². The van der Waals surface area contributed by atoms with Gasteiger partial charge in [-0.25, -0.2) is 0 Å². The lowest BCUT2D eigenvalue weighted by atomic mass is 9.78. The van der Waals surface area contributed by atoms with E-state index in [-0.39, 0.29) is 54.6 Å². The molecule has 2 saturated carbocycles. The van der Waals surface area contributed by atoms with Crippen molar-refractivity contribution in [2.75, 3.05) is 6.54 Å². The number of likely N-dealkylation sites (tertiary alicyclic amines) is 1. The number of rotatable bonds is 4. The summed E-state index contributed by atoms with van der Waals surface area (Å²) in [6.45, 7) is 3.38. The molecule has 7 nitrogen and oxygen atoms in total. The minimum absolute atomic E-state index is 0.0412. The van der Waals surface area contributed by atoms with Crippen molar-refractivity contribution in [3.8, 4) is 0 Å². The lowest BCUT2D eigenvalue weighted by Crippen LogP contribution is -2.52. The fourth-order valence-electron chi connectivity index (χ4n) is 4.93. The van der Waals surface area contributed by atoms with Crippen molar-refractivity contribution in [1.82, 2.24) is 4.90 Å². The molecule has 25 heavy (non-hydrogen) atoms. The third-order valence-corrected chi connectivity index (χ3v) is 6.70. The van der Waals surface area contributed by atoms with Crippen LogP contribution in [-0.4, -0.2) is 47.4 Å². The number of amides is 2. The minimum Gasteiger partial charge on any atom is -0.458 e. The second-order valence-corrected chi connectivity index (χ2v) is 8.06. The van der Waals surface area contributed by atoms with Crippen LogP contribution in [0.15, 0.2) is 0 Å². The molecular weight excluding hydrogens is 326 g/mol. The molecule has 0 aromatic rings. The number of carbonyl (C=O) groups is 4. The number of imide groups is 1. The van der Waals surface area contributed by atoms with Gasteiger partial charge in [0.25, 0.3) is 0 Å². The normalized spacial score (nSPS) is 42.1. The molecule has 4 fully saturated rings. The van der Waals surface area contributed by atoms with E-state index in [2.05, 4.69) is 0 Å². The fourth-order valence-corrected chi connectivity index (χ4v) is 4.93. The van der Waals surface area contributed by atoms with Crippen molar-refractivity contribution in [3.05, 3.63) is 0 Å². The number of esters is 2. The Balaban J connectivity index is 1.42. The number of hydrogen-bond donors (Lipinski definition) is 0. The summed E-state index contributed by atoms with van der Waals surface area (Å²) in [5.41, 5.74) is -0.602. The number of piperidine rings is 1. The first-order chi connectivity index (χ1) is 11.8. The number of hydrogen-bond acceptors (Lipinski definition) is 6. The van der Waals surface area contributed by atoms with Gasteiger partial charge >= 0.3 is 11.9 Å². The Morgan fingerprint density at radius 2 is 2.08 bits per heavy atom. The van der Waals surface area contributed by atoms with E-state index in [1.54, 1.807) is 0 Å². The number of fused-ring (bicyclic) bond motifs is 1. The first-order valence-corrected chi connectivity index (χ1v) is 9.09. The minimum atomic E-state index is -0.602. The molecule has 2 aliphatic heterocycles. The Morgan fingerprint density at radius 3 is 2.80 bits per heavy atom. The quantitative estimate of drug-likeness (QED) is 0.556. The van der Waals surface area contributed by atoms with Crippen LogP contribution < -0.4 is 0 Å². The monoisotopic (exact) mass is 349 g/mol. The second-order valence-electron chi connectivity index (χ2n) is 8.06. The van der Waals surface area contributed by atoms with E-state index >= 15 is 0 Å². The lowest BCUT2D eigenvalue weighted by molar-refractivity contribution is -0.170. The number of ether oxygens (including phenoxy) is 2. The first kappa shape index (κ1) is 16.5. The molecule has 0 N–H and O–H groups in total. The van der Waals surface area contributed by atoms with Gasteiger partial charge in [0.05, 0.1) is 5.92 Å². The third-order valence-electron chi connectivity index (χ3n) is 6.70. The topological polar surface area (TPSA) is 90.0 Å². The van der Waals surface area contributed by atoms with Crippen LogP contribution in [0.3, 0.4) is 0 Å². The van der Waals surface area contributed by atoms with Gasteiger partial charge in [-0.1, -0.05) is 13.8 Å². The molecule has 2 amide bonds. The summed E-state index contributed by atoms with van der Waals surface area (Å²) in [4.78, 5) is 49.9. The van der Waals surface area contributed by atoms with E-state index in [0.717, 1.165) is 11.3 Å². The Hall–Kier alpha value is -1.92. The highest BCUT2D eigenvalue weighted by Gasteiger charge is 2.63. The zero-order valence-electron chi connectivity index (χ0n) is 14.5. The summed E-state index contributed by atoms with van der Waals surface area (Å²) in [6, 6.07) is 0. The van der Waals surface area contributed by atoms with Crippen LogP contribution in [0.25, 0.3) is 0 Å². The molecule has 0 aromatic heterocycles. The van der Waals surface area contributed by atoms with Gasteiger partial charge < -0.3 is 9.47 Å². The number of carbonyl (C=O) groups excluding carboxylic acids is 4. The maximum atomic E-state index is 12.6. The molecule has 4 aliphatic rings. The van der Waals surface area contributed by atoms with Crippen LogP contribution in [0.4, 0.5) is 0 Å². The van der Waals surface area contributed by atoms with E-state index in [1.807, 2.05) is 13.8 Å².